The Hall–Kier alpha value is -1.93. The molecule has 126 valence electrons. The van der Waals surface area contributed by atoms with E-state index in [0.29, 0.717) is 12.8 Å². The predicted octanol–water partition coefficient (Wildman–Crippen LogP) is 1.06. The molecule has 1 aromatic carbocycles. The van der Waals surface area contributed by atoms with Gasteiger partial charge in [-0.15, -0.1) is 0 Å². The van der Waals surface area contributed by atoms with Gasteiger partial charge in [-0.1, -0.05) is 6.07 Å². The second-order valence-corrected chi connectivity index (χ2v) is 7.98. The molecule has 1 aliphatic carbocycles. The van der Waals surface area contributed by atoms with Crippen LogP contribution in [0.25, 0.3) is 0 Å². The fraction of sp³-hybridized carbons (Fsp3) is 0.467. The summed E-state index contributed by atoms with van der Waals surface area (Å²) in [7, 11) is -2.23. The van der Waals surface area contributed by atoms with Crippen LogP contribution in [0.2, 0.25) is 0 Å². The van der Waals surface area contributed by atoms with E-state index in [1.165, 1.54) is 35.6 Å². The number of rotatable bonds is 6. The maximum absolute atomic E-state index is 12.5. The van der Waals surface area contributed by atoms with Crippen LogP contribution in [-0.2, 0) is 14.8 Å². The number of sulfonamides is 1. The normalized spacial score (nSPS) is 16.4. The number of nitrogens with one attached hydrogen (secondary N) is 1. The van der Waals surface area contributed by atoms with Gasteiger partial charge in [0.1, 0.15) is 5.54 Å². The second-order valence-electron chi connectivity index (χ2n) is 5.98. The third-order valence-corrected chi connectivity index (χ3v) is 6.04. The third kappa shape index (κ3) is 3.37. The van der Waals surface area contributed by atoms with Gasteiger partial charge in [-0.05, 0) is 44.9 Å². The molecule has 0 unspecified atom stereocenters. The van der Waals surface area contributed by atoms with Gasteiger partial charge in [-0.3, -0.25) is 4.79 Å². The minimum Gasteiger partial charge on any atom is -0.480 e. The van der Waals surface area contributed by atoms with Crippen molar-refractivity contribution < 1.29 is 23.1 Å². The summed E-state index contributed by atoms with van der Waals surface area (Å²) in [6.45, 7) is 3.50. The molecule has 0 spiro atoms. The van der Waals surface area contributed by atoms with Crippen LogP contribution in [-0.4, -0.2) is 48.3 Å². The SMILES string of the molecule is CC(C)N(C)S(=O)(=O)c1cccc(C(=O)NC2(C(=O)O)CC2)c1. The molecule has 0 radical (unpaired) electrons. The van der Waals surface area contributed by atoms with Crippen LogP contribution in [0.5, 0.6) is 0 Å². The average Bonchev–Trinajstić information content (AvgIpc) is 3.27. The highest BCUT2D eigenvalue weighted by molar-refractivity contribution is 7.89. The zero-order chi connectivity index (χ0) is 17.4. The van der Waals surface area contributed by atoms with E-state index in [9.17, 15) is 18.0 Å². The molecule has 0 bridgehead atoms. The number of carboxylic acid groups (broad SMARTS) is 1. The number of carboxylic acids is 1. The molecule has 0 atom stereocenters. The number of amides is 1. The first-order chi connectivity index (χ1) is 10.6. The topological polar surface area (TPSA) is 104 Å². The predicted molar refractivity (Wildman–Crippen MR) is 83.6 cm³/mol. The molecule has 2 rings (SSSR count). The monoisotopic (exact) mass is 340 g/mol. The Morgan fingerprint density at radius 3 is 2.39 bits per heavy atom. The molecule has 1 aromatic rings. The number of aliphatic carboxylic acids is 1. The van der Waals surface area contributed by atoms with Crippen molar-refractivity contribution in [1.29, 1.82) is 0 Å². The molecule has 0 aromatic heterocycles. The quantitative estimate of drug-likeness (QED) is 0.806. The molecular weight excluding hydrogens is 320 g/mol. The highest BCUT2D eigenvalue weighted by atomic mass is 32.2. The number of hydrogen-bond acceptors (Lipinski definition) is 4. The lowest BCUT2D eigenvalue weighted by Gasteiger charge is -2.21. The van der Waals surface area contributed by atoms with Crippen LogP contribution in [0, 0.1) is 0 Å². The van der Waals surface area contributed by atoms with Gasteiger partial charge in [0.25, 0.3) is 5.91 Å². The van der Waals surface area contributed by atoms with Gasteiger partial charge in [0.2, 0.25) is 10.0 Å². The summed E-state index contributed by atoms with van der Waals surface area (Å²) >= 11 is 0. The second kappa shape index (κ2) is 5.93. The molecule has 0 aliphatic heterocycles. The van der Waals surface area contributed by atoms with Crippen molar-refractivity contribution in [2.45, 2.75) is 43.2 Å². The summed E-state index contributed by atoms with van der Waals surface area (Å²) in [4.78, 5) is 23.3. The molecule has 1 fully saturated rings. The smallest absolute Gasteiger partial charge is 0.329 e. The van der Waals surface area contributed by atoms with E-state index < -0.39 is 27.4 Å². The highest BCUT2D eigenvalue weighted by Crippen LogP contribution is 2.35. The first kappa shape index (κ1) is 17.4. The van der Waals surface area contributed by atoms with Gasteiger partial charge < -0.3 is 10.4 Å². The maximum Gasteiger partial charge on any atom is 0.329 e. The lowest BCUT2D eigenvalue weighted by molar-refractivity contribution is -0.140. The molecule has 23 heavy (non-hydrogen) atoms. The van der Waals surface area contributed by atoms with Gasteiger partial charge in [0, 0.05) is 18.7 Å². The van der Waals surface area contributed by atoms with Gasteiger partial charge in [-0.25, -0.2) is 13.2 Å². The summed E-state index contributed by atoms with van der Waals surface area (Å²) in [5, 5.41) is 11.6. The van der Waals surface area contributed by atoms with E-state index in [0.717, 1.165) is 0 Å². The lowest BCUT2D eigenvalue weighted by atomic mass is 10.2. The minimum atomic E-state index is -3.70. The maximum atomic E-state index is 12.5. The van der Waals surface area contributed by atoms with Crippen LogP contribution in [0.15, 0.2) is 29.2 Å². The third-order valence-electron chi connectivity index (χ3n) is 4.01. The van der Waals surface area contributed by atoms with Crippen LogP contribution in [0.4, 0.5) is 0 Å². The van der Waals surface area contributed by atoms with E-state index >= 15 is 0 Å². The number of hydrogen-bond donors (Lipinski definition) is 2. The molecule has 8 heteroatoms. The molecule has 1 amide bonds. The minimum absolute atomic E-state index is 0.00141. The van der Waals surface area contributed by atoms with Gasteiger partial charge >= 0.3 is 5.97 Å². The van der Waals surface area contributed by atoms with E-state index in [1.54, 1.807) is 13.8 Å². The van der Waals surface area contributed by atoms with E-state index in [1.807, 2.05) is 0 Å². The summed E-state index contributed by atoms with van der Waals surface area (Å²) in [5.74, 6) is -1.66. The first-order valence-corrected chi connectivity index (χ1v) is 8.68. The summed E-state index contributed by atoms with van der Waals surface area (Å²) in [6.07, 6.45) is 0.754. The fourth-order valence-electron chi connectivity index (χ4n) is 2.05. The van der Waals surface area contributed by atoms with Crippen LogP contribution in [0.1, 0.15) is 37.0 Å². The molecule has 1 aliphatic rings. The van der Waals surface area contributed by atoms with Gasteiger partial charge in [0.15, 0.2) is 0 Å². The fourth-order valence-corrected chi connectivity index (χ4v) is 3.46. The summed E-state index contributed by atoms with van der Waals surface area (Å²) < 4.78 is 26.1. The zero-order valence-corrected chi connectivity index (χ0v) is 14.1. The Labute approximate surface area is 135 Å². The van der Waals surface area contributed by atoms with Crippen molar-refractivity contribution in [3.8, 4) is 0 Å². The Balaban J connectivity index is 2.27. The molecular formula is C15H20N2O5S. The van der Waals surface area contributed by atoms with E-state index in [-0.39, 0.29) is 16.5 Å². The van der Waals surface area contributed by atoms with E-state index in [4.69, 9.17) is 5.11 Å². The standard InChI is InChI=1S/C15H20N2O5S/c1-10(2)17(3)23(21,22)12-6-4-5-11(9-12)13(18)16-15(7-8-15)14(19)20/h4-6,9-10H,7-8H2,1-3H3,(H,16,18)(H,19,20). The average molecular weight is 340 g/mol. The Kier molecular flexibility index (Phi) is 4.50. The number of carbonyl (C=O) groups excluding carboxylic acids is 1. The van der Waals surface area contributed by atoms with Crippen LogP contribution >= 0.6 is 0 Å². The Morgan fingerprint density at radius 2 is 1.91 bits per heavy atom. The summed E-state index contributed by atoms with van der Waals surface area (Å²) in [6, 6.07) is 5.38. The molecule has 2 N–H and O–H groups in total. The van der Waals surface area contributed by atoms with E-state index in [2.05, 4.69) is 5.32 Å². The van der Waals surface area contributed by atoms with Crippen LogP contribution < -0.4 is 5.32 Å². The zero-order valence-electron chi connectivity index (χ0n) is 13.2. The van der Waals surface area contributed by atoms with Gasteiger partial charge in [0.05, 0.1) is 4.90 Å². The number of benzene rings is 1. The number of carbonyl (C=O) groups is 2. The van der Waals surface area contributed by atoms with Crippen molar-refractivity contribution in [2.24, 2.45) is 0 Å². The first-order valence-electron chi connectivity index (χ1n) is 7.24. The van der Waals surface area contributed by atoms with Crippen molar-refractivity contribution in [3.63, 3.8) is 0 Å². The summed E-state index contributed by atoms with van der Waals surface area (Å²) in [5.41, 5.74) is -1.09. The van der Waals surface area contributed by atoms with Crippen LogP contribution in [0.3, 0.4) is 0 Å². The lowest BCUT2D eigenvalue weighted by Crippen LogP contribution is -2.43. The van der Waals surface area contributed by atoms with Crippen molar-refractivity contribution in [1.82, 2.24) is 9.62 Å². The van der Waals surface area contributed by atoms with Crippen molar-refractivity contribution in [3.05, 3.63) is 29.8 Å². The number of nitrogens with zero attached hydrogens (tertiary/aromatic N) is 1. The largest absolute Gasteiger partial charge is 0.480 e. The molecule has 0 heterocycles. The molecule has 1 saturated carbocycles. The molecule has 0 saturated heterocycles. The van der Waals surface area contributed by atoms with Crippen molar-refractivity contribution >= 4 is 21.9 Å². The van der Waals surface area contributed by atoms with Crippen molar-refractivity contribution in [2.75, 3.05) is 7.05 Å². The Bertz CT molecular complexity index is 738. The molecule has 7 nitrogen and oxygen atoms in total. The Morgan fingerprint density at radius 1 is 1.30 bits per heavy atom. The van der Waals surface area contributed by atoms with Gasteiger partial charge in [-0.2, -0.15) is 4.31 Å². The highest BCUT2D eigenvalue weighted by Gasteiger charge is 2.51.